The number of ether oxygens (including phenoxy) is 1. The van der Waals surface area contributed by atoms with E-state index in [4.69, 9.17) is 10.5 Å². The summed E-state index contributed by atoms with van der Waals surface area (Å²) in [5.41, 5.74) is 7.07. The van der Waals surface area contributed by atoms with E-state index in [1.165, 1.54) is 6.20 Å². The molecule has 1 saturated heterocycles. The lowest BCUT2D eigenvalue weighted by atomic mass is 9.83. The molecule has 4 rings (SSSR count). The van der Waals surface area contributed by atoms with Gasteiger partial charge in [0.15, 0.2) is 0 Å². The molecule has 1 atom stereocenters. The van der Waals surface area contributed by atoms with Crippen molar-refractivity contribution in [3.63, 3.8) is 0 Å². The molecule has 114 valence electrons. The minimum atomic E-state index is -0.350. The van der Waals surface area contributed by atoms with Crippen LogP contribution >= 0.6 is 0 Å². The standard InChI is InChI=1S/C16H18N4O2/c17-15-12-3-1-2-4-13(12)22-16(15)5-8-19(9-6-16)20-10-7-18-11-14(20)21/h1-4,7,10-11,15H,5-6,8-9,17H2. The van der Waals surface area contributed by atoms with Gasteiger partial charge in [0.25, 0.3) is 5.56 Å². The molecular weight excluding hydrogens is 280 g/mol. The minimum Gasteiger partial charge on any atom is -0.485 e. The Bertz CT molecular complexity index is 750. The number of nitrogens with two attached hydrogens (primary N) is 1. The van der Waals surface area contributed by atoms with Crippen LogP contribution in [0.3, 0.4) is 0 Å². The lowest BCUT2D eigenvalue weighted by Gasteiger charge is -2.42. The molecule has 6 nitrogen and oxygen atoms in total. The van der Waals surface area contributed by atoms with Crippen molar-refractivity contribution in [2.75, 3.05) is 18.1 Å². The van der Waals surface area contributed by atoms with Crippen LogP contribution in [0.25, 0.3) is 0 Å². The van der Waals surface area contributed by atoms with Gasteiger partial charge in [0.2, 0.25) is 0 Å². The molecule has 2 aliphatic heterocycles. The Labute approximate surface area is 128 Å². The van der Waals surface area contributed by atoms with E-state index in [1.807, 2.05) is 29.3 Å². The quantitative estimate of drug-likeness (QED) is 0.843. The van der Waals surface area contributed by atoms with Gasteiger partial charge in [-0.25, -0.2) is 4.68 Å². The van der Waals surface area contributed by atoms with E-state index in [0.29, 0.717) is 0 Å². The van der Waals surface area contributed by atoms with Crippen molar-refractivity contribution < 1.29 is 4.74 Å². The first-order chi connectivity index (χ1) is 10.7. The Morgan fingerprint density at radius 3 is 2.77 bits per heavy atom. The molecule has 22 heavy (non-hydrogen) atoms. The average Bonchev–Trinajstić information content (AvgIpc) is 2.82. The first-order valence-corrected chi connectivity index (χ1v) is 7.51. The third-order valence-electron chi connectivity index (χ3n) is 4.73. The van der Waals surface area contributed by atoms with E-state index in [-0.39, 0.29) is 17.2 Å². The first kappa shape index (κ1) is 13.3. The van der Waals surface area contributed by atoms with Crippen molar-refractivity contribution in [2.24, 2.45) is 5.73 Å². The van der Waals surface area contributed by atoms with Crippen LogP contribution in [0.5, 0.6) is 5.75 Å². The average molecular weight is 298 g/mol. The predicted molar refractivity (Wildman–Crippen MR) is 82.4 cm³/mol. The third-order valence-corrected chi connectivity index (χ3v) is 4.73. The zero-order valence-corrected chi connectivity index (χ0v) is 12.2. The molecule has 0 radical (unpaired) electrons. The van der Waals surface area contributed by atoms with E-state index in [2.05, 4.69) is 4.98 Å². The van der Waals surface area contributed by atoms with Crippen LogP contribution < -0.4 is 21.0 Å². The summed E-state index contributed by atoms with van der Waals surface area (Å²) < 4.78 is 7.83. The van der Waals surface area contributed by atoms with Crippen LogP contribution in [0.2, 0.25) is 0 Å². The maximum Gasteiger partial charge on any atom is 0.287 e. The number of aromatic nitrogens is 2. The first-order valence-electron chi connectivity index (χ1n) is 7.51. The van der Waals surface area contributed by atoms with Crippen LogP contribution in [0.4, 0.5) is 0 Å². The van der Waals surface area contributed by atoms with Gasteiger partial charge in [0, 0.05) is 43.9 Å². The maximum absolute atomic E-state index is 11.9. The van der Waals surface area contributed by atoms with Gasteiger partial charge in [-0.05, 0) is 6.07 Å². The Kier molecular flexibility index (Phi) is 2.94. The SMILES string of the molecule is NC1c2ccccc2OC12CCN(n1ccncc1=O)CC2. The fourth-order valence-electron chi connectivity index (χ4n) is 3.47. The van der Waals surface area contributed by atoms with Crippen LogP contribution in [0, 0.1) is 0 Å². The summed E-state index contributed by atoms with van der Waals surface area (Å²) in [6.07, 6.45) is 6.23. The maximum atomic E-state index is 11.9. The highest BCUT2D eigenvalue weighted by molar-refractivity contribution is 5.42. The monoisotopic (exact) mass is 298 g/mol. The number of rotatable bonds is 1. The summed E-state index contributed by atoms with van der Waals surface area (Å²) in [6.45, 7) is 1.46. The van der Waals surface area contributed by atoms with E-state index in [1.54, 1.807) is 17.1 Å². The second kappa shape index (κ2) is 4.84. The molecule has 1 aromatic heterocycles. The Morgan fingerprint density at radius 1 is 1.27 bits per heavy atom. The lowest BCUT2D eigenvalue weighted by molar-refractivity contribution is 0.0381. The second-order valence-electron chi connectivity index (χ2n) is 5.90. The van der Waals surface area contributed by atoms with E-state index in [9.17, 15) is 4.79 Å². The number of para-hydroxylation sites is 1. The molecule has 1 unspecified atom stereocenters. The zero-order chi connectivity index (χ0) is 15.2. The van der Waals surface area contributed by atoms with E-state index < -0.39 is 0 Å². The topological polar surface area (TPSA) is 73.4 Å². The summed E-state index contributed by atoms with van der Waals surface area (Å²) in [7, 11) is 0. The molecule has 6 heteroatoms. The molecule has 1 spiro atoms. The number of benzene rings is 1. The number of hydrogen-bond acceptors (Lipinski definition) is 5. The van der Waals surface area contributed by atoms with E-state index in [0.717, 1.165) is 37.2 Å². The molecule has 0 saturated carbocycles. The fraction of sp³-hybridized carbons (Fsp3) is 0.375. The van der Waals surface area contributed by atoms with Crippen molar-refractivity contribution in [3.8, 4) is 5.75 Å². The summed E-state index contributed by atoms with van der Waals surface area (Å²) in [6, 6.07) is 7.86. The van der Waals surface area contributed by atoms with Crippen LogP contribution in [0.15, 0.2) is 47.7 Å². The zero-order valence-electron chi connectivity index (χ0n) is 12.2. The highest BCUT2D eigenvalue weighted by Gasteiger charge is 2.48. The molecule has 1 aromatic carbocycles. The van der Waals surface area contributed by atoms with Gasteiger partial charge >= 0.3 is 0 Å². The van der Waals surface area contributed by atoms with Crippen LogP contribution in [-0.2, 0) is 0 Å². The number of nitrogens with zero attached hydrogens (tertiary/aromatic N) is 3. The number of hydrogen-bond donors (Lipinski definition) is 1. The van der Waals surface area contributed by atoms with Gasteiger partial charge in [-0.3, -0.25) is 9.78 Å². The number of fused-ring (bicyclic) bond motifs is 1. The highest BCUT2D eigenvalue weighted by Crippen LogP contribution is 2.46. The highest BCUT2D eigenvalue weighted by atomic mass is 16.5. The molecule has 0 aliphatic carbocycles. The van der Waals surface area contributed by atoms with Gasteiger partial charge in [0.1, 0.15) is 11.4 Å². The van der Waals surface area contributed by atoms with Crippen molar-refractivity contribution in [2.45, 2.75) is 24.5 Å². The Balaban J connectivity index is 1.56. The Morgan fingerprint density at radius 2 is 2.05 bits per heavy atom. The molecule has 0 bridgehead atoms. The Hall–Kier alpha value is -2.34. The molecule has 2 N–H and O–H groups in total. The number of piperidine rings is 1. The van der Waals surface area contributed by atoms with Crippen molar-refractivity contribution >= 4 is 0 Å². The van der Waals surface area contributed by atoms with Crippen LogP contribution in [-0.4, -0.2) is 28.4 Å². The molecule has 1 fully saturated rings. The largest absolute Gasteiger partial charge is 0.485 e. The fourth-order valence-corrected chi connectivity index (χ4v) is 3.47. The van der Waals surface area contributed by atoms with E-state index >= 15 is 0 Å². The summed E-state index contributed by atoms with van der Waals surface area (Å²) in [4.78, 5) is 15.7. The van der Waals surface area contributed by atoms with Gasteiger partial charge in [0.05, 0.1) is 12.2 Å². The van der Waals surface area contributed by atoms with Gasteiger partial charge in [-0.1, -0.05) is 18.2 Å². The molecule has 0 amide bonds. The summed E-state index contributed by atoms with van der Waals surface area (Å²) in [5.74, 6) is 0.893. The normalized spacial score (nSPS) is 22.4. The van der Waals surface area contributed by atoms with Crippen molar-refractivity contribution in [3.05, 3.63) is 58.8 Å². The van der Waals surface area contributed by atoms with Gasteiger partial charge in [-0.15, -0.1) is 0 Å². The minimum absolute atomic E-state index is 0.111. The molecule has 2 aromatic rings. The smallest absolute Gasteiger partial charge is 0.287 e. The predicted octanol–water partition coefficient (Wildman–Crippen LogP) is 0.806. The summed E-state index contributed by atoms with van der Waals surface area (Å²) >= 11 is 0. The third kappa shape index (κ3) is 1.91. The van der Waals surface area contributed by atoms with Crippen LogP contribution in [0.1, 0.15) is 24.4 Å². The molecule has 2 aliphatic rings. The van der Waals surface area contributed by atoms with Crippen molar-refractivity contribution in [1.82, 2.24) is 9.66 Å². The molecule has 3 heterocycles. The lowest BCUT2D eigenvalue weighted by Crippen LogP contribution is -2.55. The van der Waals surface area contributed by atoms with Gasteiger partial charge in [-0.2, -0.15) is 0 Å². The summed E-state index contributed by atoms with van der Waals surface area (Å²) in [5, 5.41) is 2.02. The van der Waals surface area contributed by atoms with Gasteiger partial charge < -0.3 is 15.5 Å². The second-order valence-corrected chi connectivity index (χ2v) is 5.90. The molecular formula is C16H18N4O2. The van der Waals surface area contributed by atoms with Crippen molar-refractivity contribution in [1.29, 1.82) is 0 Å².